The average Bonchev–Trinajstić information content (AvgIpc) is 3.24. The van der Waals surface area contributed by atoms with Crippen molar-refractivity contribution in [3.05, 3.63) is 96.2 Å². The molecule has 3 aromatic carbocycles. The summed E-state index contributed by atoms with van der Waals surface area (Å²) in [5.74, 6) is 1.65. The highest BCUT2D eigenvalue weighted by Gasteiger charge is 2.13. The molecule has 1 heterocycles. The average molecular weight is 399 g/mol. The van der Waals surface area contributed by atoms with E-state index in [1.807, 2.05) is 59.3 Å². The molecule has 4 aromatic rings. The molecule has 1 N–H and O–H groups in total. The summed E-state index contributed by atoms with van der Waals surface area (Å²) in [5.41, 5.74) is 5.29. The molecule has 5 nitrogen and oxygen atoms in total. The third-order valence-corrected chi connectivity index (χ3v) is 4.98. The van der Waals surface area contributed by atoms with Gasteiger partial charge < -0.3 is 14.8 Å². The first-order valence-electron chi connectivity index (χ1n) is 9.89. The Morgan fingerprint density at radius 1 is 0.800 bits per heavy atom. The van der Waals surface area contributed by atoms with Crippen molar-refractivity contribution in [2.75, 3.05) is 14.2 Å². The molecule has 0 fully saturated rings. The van der Waals surface area contributed by atoms with Crippen molar-refractivity contribution < 1.29 is 9.47 Å². The number of nitrogens with zero attached hydrogens (tertiary/aromatic N) is 2. The number of hydrogen-bond acceptors (Lipinski definition) is 4. The maximum atomic E-state index is 5.49. The minimum absolute atomic E-state index is 0.658. The van der Waals surface area contributed by atoms with Crippen LogP contribution in [0.3, 0.4) is 0 Å². The van der Waals surface area contributed by atoms with Crippen LogP contribution in [0.5, 0.6) is 11.5 Å². The van der Waals surface area contributed by atoms with Gasteiger partial charge in [-0.1, -0.05) is 48.5 Å². The molecule has 0 spiro atoms. The zero-order valence-electron chi connectivity index (χ0n) is 17.2. The van der Waals surface area contributed by atoms with E-state index >= 15 is 0 Å². The molecule has 30 heavy (non-hydrogen) atoms. The van der Waals surface area contributed by atoms with Crippen molar-refractivity contribution in [2.24, 2.45) is 0 Å². The van der Waals surface area contributed by atoms with Gasteiger partial charge in [0.1, 0.15) is 11.5 Å². The van der Waals surface area contributed by atoms with Crippen LogP contribution in [0.2, 0.25) is 0 Å². The van der Waals surface area contributed by atoms with Gasteiger partial charge >= 0.3 is 0 Å². The van der Waals surface area contributed by atoms with E-state index in [1.54, 1.807) is 14.2 Å². The van der Waals surface area contributed by atoms with E-state index < -0.39 is 0 Å². The Kier molecular flexibility index (Phi) is 6.11. The molecule has 0 radical (unpaired) electrons. The third-order valence-electron chi connectivity index (χ3n) is 4.98. The SMILES string of the molecule is COc1ccc(OC)c(CNCc2cn(-c3ccccc3)nc2-c2ccccc2)c1. The summed E-state index contributed by atoms with van der Waals surface area (Å²) in [6, 6.07) is 26.3. The van der Waals surface area contributed by atoms with E-state index in [4.69, 9.17) is 14.6 Å². The van der Waals surface area contributed by atoms with Crippen molar-refractivity contribution in [1.29, 1.82) is 0 Å². The molecule has 0 atom stereocenters. The standard InChI is InChI=1S/C25H25N3O2/c1-29-23-13-14-24(30-2)20(15-23)16-26-17-21-18-28(22-11-7-4-8-12-22)27-25(21)19-9-5-3-6-10-19/h3-15,18,26H,16-17H2,1-2H3. The van der Waals surface area contributed by atoms with Crippen LogP contribution in [0.4, 0.5) is 0 Å². The van der Waals surface area contributed by atoms with Gasteiger partial charge in [0.15, 0.2) is 0 Å². The highest BCUT2D eigenvalue weighted by atomic mass is 16.5. The quantitative estimate of drug-likeness (QED) is 0.460. The van der Waals surface area contributed by atoms with Crippen LogP contribution in [0.15, 0.2) is 85.1 Å². The van der Waals surface area contributed by atoms with Crippen molar-refractivity contribution >= 4 is 0 Å². The molecule has 0 unspecified atom stereocenters. The maximum Gasteiger partial charge on any atom is 0.123 e. The van der Waals surface area contributed by atoms with Crippen LogP contribution in [0, 0.1) is 0 Å². The van der Waals surface area contributed by atoms with Crippen LogP contribution >= 0.6 is 0 Å². The molecule has 5 heteroatoms. The molecule has 0 bridgehead atoms. The van der Waals surface area contributed by atoms with Crippen molar-refractivity contribution in [2.45, 2.75) is 13.1 Å². The minimum atomic E-state index is 0.658. The smallest absolute Gasteiger partial charge is 0.123 e. The lowest BCUT2D eigenvalue weighted by atomic mass is 10.1. The minimum Gasteiger partial charge on any atom is -0.497 e. The summed E-state index contributed by atoms with van der Waals surface area (Å²) in [6.45, 7) is 1.34. The third kappa shape index (κ3) is 4.36. The molecule has 0 amide bonds. The zero-order chi connectivity index (χ0) is 20.8. The lowest BCUT2D eigenvalue weighted by molar-refractivity contribution is 0.397. The Labute approximate surface area is 176 Å². The van der Waals surface area contributed by atoms with Gasteiger partial charge in [0.05, 0.1) is 25.6 Å². The number of nitrogens with one attached hydrogen (secondary N) is 1. The van der Waals surface area contributed by atoms with Gasteiger partial charge in [-0.3, -0.25) is 0 Å². The van der Waals surface area contributed by atoms with E-state index in [-0.39, 0.29) is 0 Å². The van der Waals surface area contributed by atoms with Gasteiger partial charge in [0, 0.05) is 36.0 Å². The van der Waals surface area contributed by atoms with Crippen molar-refractivity contribution in [3.8, 4) is 28.4 Å². The summed E-state index contributed by atoms with van der Waals surface area (Å²) in [4.78, 5) is 0. The second-order valence-corrected chi connectivity index (χ2v) is 6.93. The van der Waals surface area contributed by atoms with Crippen molar-refractivity contribution in [1.82, 2.24) is 15.1 Å². The van der Waals surface area contributed by atoms with Crippen LogP contribution in [-0.4, -0.2) is 24.0 Å². The number of methoxy groups -OCH3 is 2. The second kappa shape index (κ2) is 9.29. The summed E-state index contributed by atoms with van der Waals surface area (Å²) >= 11 is 0. The van der Waals surface area contributed by atoms with E-state index in [9.17, 15) is 0 Å². The maximum absolute atomic E-state index is 5.49. The molecular formula is C25H25N3O2. The number of rotatable bonds is 8. The lowest BCUT2D eigenvalue weighted by Crippen LogP contribution is -2.13. The Hall–Kier alpha value is -3.57. The predicted octanol–water partition coefficient (Wildman–Crippen LogP) is 4.85. The largest absolute Gasteiger partial charge is 0.497 e. The monoisotopic (exact) mass is 399 g/mol. The molecule has 1 aromatic heterocycles. The first kappa shape index (κ1) is 19.7. The molecule has 0 saturated carbocycles. The Balaban J connectivity index is 1.58. The van der Waals surface area contributed by atoms with Gasteiger partial charge in [-0.25, -0.2) is 4.68 Å². The molecule has 152 valence electrons. The normalized spacial score (nSPS) is 10.7. The van der Waals surface area contributed by atoms with Gasteiger partial charge in [-0.05, 0) is 30.3 Å². The number of ether oxygens (including phenoxy) is 2. The molecular weight excluding hydrogens is 374 g/mol. The van der Waals surface area contributed by atoms with E-state index in [2.05, 4.69) is 35.8 Å². The molecule has 0 saturated heterocycles. The number of hydrogen-bond donors (Lipinski definition) is 1. The second-order valence-electron chi connectivity index (χ2n) is 6.93. The Morgan fingerprint density at radius 3 is 2.20 bits per heavy atom. The molecule has 0 aliphatic rings. The zero-order valence-corrected chi connectivity index (χ0v) is 17.2. The predicted molar refractivity (Wildman–Crippen MR) is 119 cm³/mol. The molecule has 0 aliphatic heterocycles. The van der Waals surface area contributed by atoms with Crippen LogP contribution in [0.25, 0.3) is 16.9 Å². The highest BCUT2D eigenvalue weighted by Crippen LogP contribution is 2.26. The lowest BCUT2D eigenvalue weighted by Gasteiger charge is -2.11. The fourth-order valence-corrected chi connectivity index (χ4v) is 3.44. The van der Waals surface area contributed by atoms with Crippen LogP contribution in [0.1, 0.15) is 11.1 Å². The summed E-state index contributed by atoms with van der Waals surface area (Å²) in [5, 5.41) is 8.40. The molecule has 4 rings (SSSR count). The fraction of sp³-hybridized carbons (Fsp3) is 0.160. The van der Waals surface area contributed by atoms with E-state index in [0.717, 1.165) is 39.6 Å². The van der Waals surface area contributed by atoms with Crippen molar-refractivity contribution in [3.63, 3.8) is 0 Å². The topological polar surface area (TPSA) is 48.3 Å². The summed E-state index contributed by atoms with van der Waals surface area (Å²) in [6.07, 6.45) is 2.09. The first-order chi connectivity index (χ1) is 14.8. The Morgan fingerprint density at radius 2 is 1.50 bits per heavy atom. The summed E-state index contributed by atoms with van der Waals surface area (Å²) < 4.78 is 12.8. The first-order valence-corrected chi connectivity index (χ1v) is 9.89. The highest BCUT2D eigenvalue weighted by molar-refractivity contribution is 5.63. The summed E-state index contributed by atoms with van der Waals surface area (Å²) in [7, 11) is 3.35. The number of aromatic nitrogens is 2. The van der Waals surface area contributed by atoms with Gasteiger partial charge in [0.25, 0.3) is 0 Å². The fourth-order valence-electron chi connectivity index (χ4n) is 3.44. The van der Waals surface area contributed by atoms with E-state index in [0.29, 0.717) is 13.1 Å². The Bertz CT molecular complexity index is 1090. The molecule has 0 aliphatic carbocycles. The van der Waals surface area contributed by atoms with Gasteiger partial charge in [-0.15, -0.1) is 0 Å². The number of para-hydroxylation sites is 1. The van der Waals surface area contributed by atoms with E-state index in [1.165, 1.54) is 0 Å². The van der Waals surface area contributed by atoms with Gasteiger partial charge in [0.2, 0.25) is 0 Å². The number of benzene rings is 3. The van der Waals surface area contributed by atoms with Crippen LogP contribution < -0.4 is 14.8 Å². The van der Waals surface area contributed by atoms with Crippen LogP contribution in [-0.2, 0) is 13.1 Å². The van der Waals surface area contributed by atoms with Gasteiger partial charge in [-0.2, -0.15) is 5.10 Å².